The second kappa shape index (κ2) is 7.19. The van der Waals surface area contributed by atoms with E-state index in [9.17, 15) is 9.59 Å². The summed E-state index contributed by atoms with van der Waals surface area (Å²) < 4.78 is 5.05. The third-order valence-corrected chi connectivity index (χ3v) is 3.51. The lowest BCUT2D eigenvalue weighted by atomic mass is 10.0. The van der Waals surface area contributed by atoms with Crippen molar-refractivity contribution in [2.45, 2.75) is 30.7 Å². The lowest BCUT2D eigenvalue weighted by Gasteiger charge is -2.24. The molecular formula is C14H19NO4S. The molecule has 1 aromatic carbocycles. The van der Waals surface area contributed by atoms with E-state index in [2.05, 4.69) is 5.32 Å². The molecule has 0 heterocycles. The zero-order valence-electron chi connectivity index (χ0n) is 11.8. The minimum Gasteiger partial charge on any atom is -0.497 e. The minimum absolute atomic E-state index is 0.105. The lowest BCUT2D eigenvalue weighted by molar-refractivity contribution is -0.138. The Balaban J connectivity index is 2.44. The Hall–Kier alpha value is -1.69. The second-order valence-electron chi connectivity index (χ2n) is 4.97. The molecule has 0 spiro atoms. The Labute approximate surface area is 122 Å². The average molecular weight is 297 g/mol. The number of ether oxygens (including phenoxy) is 1. The third-order valence-electron chi connectivity index (χ3n) is 2.50. The molecule has 0 atom stereocenters. The third kappa shape index (κ3) is 5.97. The van der Waals surface area contributed by atoms with Gasteiger partial charge in [-0.25, -0.2) is 0 Å². The first-order valence-electron chi connectivity index (χ1n) is 6.12. The van der Waals surface area contributed by atoms with Crippen LogP contribution < -0.4 is 10.1 Å². The standard InChI is InChI=1S/C14H19NO4S/c1-14(2,8-13(17)18)15-12(16)9-20-11-6-4-10(19-3)5-7-11/h4-7H,8-9H2,1-3H3,(H,15,16)(H,17,18). The van der Waals surface area contributed by atoms with Crippen LogP contribution in [0.4, 0.5) is 0 Å². The molecule has 2 N–H and O–H groups in total. The molecule has 0 fully saturated rings. The number of hydrogen-bond acceptors (Lipinski definition) is 4. The van der Waals surface area contributed by atoms with Crippen LogP contribution in [0, 0.1) is 0 Å². The van der Waals surface area contributed by atoms with Gasteiger partial charge in [-0.2, -0.15) is 0 Å². The van der Waals surface area contributed by atoms with Gasteiger partial charge in [-0.15, -0.1) is 11.8 Å². The highest BCUT2D eigenvalue weighted by molar-refractivity contribution is 8.00. The number of thioether (sulfide) groups is 1. The molecule has 0 saturated carbocycles. The monoisotopic (exact) mass is 297 g/mol. The van der Waals surface area contributed by atoms with Gasteiger partial charge in [0.1, 0.15) is 5.75 Å². The number of amides is 1. The van der Waals surface area contributed by atoms with Crippen LogP contribution in [0.1, 0.15) is 20.3 Å². The van der Waals surface area contributed by atoms with Crippen molar-refractivity contribution in [2.75, 3.05) is 12.9 Å². The van der Waals surface area contributed by atoms with Gasteiger partial charge in [-0.05, 0) is 38.1 Å². The van der Waals surface area contributed by atoms with Crippen molar-refractivity contribution in [3.05, 3.63) is 24.3 Å². The maximum Gasteiger partial charge on any atom is 0.305 e. The molecule has 20 heavy (non-hydrogen) atoms. The van der Waals surface area contributed by atoms with Gasteiger partial charge in [0.2, 0.25) is 5.91 Å². The van der Waals surface area contributed by atoms with Crippen LogP contribution in [0.2, 0.25) is 0 Å². The SMILES string of the molecule is COc1ccc(SCC(=O)NC(C)(C)CC(=O)O)cc1. The van der Waals surface area contributed by atoms with E-state index in [-0.39, 0.29) is 18.1 Å². The predicted octanol–water partition coefficient (Wildman–Crippen LogP) is 2.16. The molecule has 0 aromatic heterocycles. The molecule has 0 saturated heterocycles. The van der Waals surface area contributed by atoms with Crippen LogP contribution in [-0.4, -0.2) is 35.4 Å². The van der Waals surface area contributed by atoms with Crippen molar-refractivity contribution >= 4 is 23.6 Å². The Morgan fingerprint density at radius 3 is 2.40 bits per heavy atom. The fourth-order valence-corrected chi connectivity index (χ4v) is 2.36. The summed E-state index contributed by atoms with van der Waals surface area (Å²) in [4.78, 5) is 23.4. The number of nitrogens with one attached hydrogen (secondary N) is 1. The summed E-state index contributed by atoms with van der Waals surface area (Å²) in [5.74, 6) is -0.105. The van der Waals surface area contributed by atoms with Gasteiger partial charge >= 0.3 is 5.97 Å². The van der Waals surface area contributed by atoms with Crippen LogP contribution >= 0.6 is 11.8 Å². The van der Waals surface area contributed by atoms with E-state index in [1.165, 1.54) is 11.8 Å². The number of carbonyl (C=O) groups excluding carboxylic acids is 1. The smallest absolute Gasteiger partial charge is 0.305 e. The van der Waals surface area contributed by atoms with Crippen molar-refractivity contribution in [1.82, 2.24) is 5.32 Å². The summed E-state index contributed by atoms with van der Waals surface area (Å²) in [7, 11) is 1.60. The molecule has 5 nitrogen and oxygen atoms in total. The normalized spacial score (nSPS) is 10.9. The van der Waals surface area contributed by atoms with Crippen LogP contribution in [0.3, 0.4) is 0 Å². The number of methoxy groups -OCH3 is 1. The van der Waals surface area contributed by atoms with Gasteiger partial charge in [0, 0.05) is 10.4 Å². The number of rotatable bonds is 7. The topological polar surface area (TPSA) is 75.6 Å². The Kier molecular flexibility index (Phi) is 5.88. The quantitative estimate of drug-likeness (QED) is 0.754. The fraction of sp³-hybridized carbons (Fsp3) is 0.429. The number of carbonyl (C=O) groups is 2. The summed E-state index contributed by atoms with van der Waals surface area (Å²) in [6.07, 6.45) is -0.105. The number of carboxylic acids is 1. The largest absolute Gasteiger partial charge is 0.497 e. The van der Waals surface area contributed by atoms with Gasteiger partial charge < -0.3 is 15.2 Å². The van der Waals surface area contributed by atoms with Crippen molar-refractivity contribution in [3.63, 3.8) is 0 Å². The molecule has 110 valence electrons. The summed E-state index contributed by atoms with van der Waals surface area (Å²) in [6, 6.07) is 7.40. The van der Waals surface area contributed by atoms with Gasteiger partial charge in [-0.3, -0.25) is 9.59 Å². The van der Waals surface area contributed by atoms with Crippen molar-refractivity contribution in [3.8, 4) is 5.75 Å². The Morgan fingerprint density at radius 1 is 1.30 bits per heavy atom. The average Bonchev–Trinajstić information content (AvgIpc) is 2.34. The van der Waals surface area contributed by atoms with E-state index in [0.29, 0.717) is 0 Å². The van der Waals surface area contributed by atoms with E-state index in [1.54, 1.807) is 21.0 Å². The highest BCUT2D eigenvalue weighted by atomic mass is 32.2. The van der Waals surface area contributed by atoms with Crippen LogP contribution in [0.15, 0.2) is 29.2 Å². The van der Waals surface area contributed by atoms with Gasteiger partial charge in [0.05, 0.1) is 19.3 Å². The number of carboxylic acid groups (broad SMARTS) is 1. The summed E-state index contributed by atoms with van der Waals surface area (Å²) in [5.41, 5.74) is -0.747. The zero-order valence-corrected chi connectivity index (χ0v) is 12.6. The first-order valence-corrected chi connectivity index (χ1v) is 7.10. The number of hydrogen-bond donors (Lipinski definition) is 2. The molecule has 0 bridgehead atoms. The minimum atomic E-state index is -0.932. The van der Waals surface area contributed by atoms with Gasteiger partial charge in [0.15, 0.2) is 0 Å². The molecule has 0 aliphatic heterocycles. The Bertz CT molecular complexity index is 471. The molecule has 0 aliphatic carbocycles. The number of benzene rings is 1. The van der Waals surface area contributed by atoms with Crippen molar-refractivity contribution < 1.29 is 19.4 Å². The molecule has 0 radical (unpaired) electrons. The molecule has 0 unspecified atom stereocenters. The maximum absolute atomic E-state index is 11.8. The van der Waals surface area contributed by atoms with E-state index in [4.69, 9.17) is 9.84 Å². The first kappa shape index (κ1) is 16.4. The van der Waals surface area contributed by atoms with Crippen molar-refractivity contribution in [2.24, 2.45) is 0 Å². The predicted molar refractivity (Wildman–Crippen MR) is 78.2 cm³/mol. The summed E-state index contributed by atoms with van der Waals surface area (Å²) in [5, 5.41) is 11.5. The summed E-state index contributed by atoms with van der Waals surface area (Å²) >= 11 is 1.39. The van der Waals surface area contributed by atoms with E-state index < -0.39 is 11.5 Å². The highest BCUT2D eigenvalue weighted by Gasteiger charge is 2.23. The molecule has 1 aromatic rings. The van der Waals surface area contributed by atoms with Gasteiger partial charge in [-0.1, -0.05) is 0 Å². The highest BCUT2D eigenvalue weighted by Crippen LogP contribution is 2.21. The van der Waals surface area contributed by atoms with Crippen LogP contribution in [-0.2, 0) is 9.59 Å². The zero-order chi connectivity index (χ0) is 15.2. The van der Waals surface area contributed by atoms with Gasteiger partial charge in [0.25, 0.3) is 0 Å². The molecular weight excluding hydrogens is 278 g/mol. The van der Waals surface area contributed by atoms with E-state index >= 15 is 0 Å². The Morgan fingerprint density at radius 2 is 1.90 bits per heavy atom. The summed E-state index contributed by atoms with van der Waals surface area (Å²) in [6.45, 7) is 3.38. The first-order chi connectivity index (χ1) is 9.32. The van der Waals surface area contributed by atoms with Crippen molar-refractivity contribution in [1.29, 1.82) is 0 Å². The van der Waals surface area contributed by atoms with E-state index in [1.807, 2.05) is 24.3 Å². The maximum atomic E-state index is 11.8. The van der Waals surface area contributed by atoms with Crippen LogP contribution in [0.25, 0.3) is 0 Å². The molecule has 6 heteroatoms. The fourth-order valence-electron chi connectivity index (χ4n) is 1.66. The molecule has 1 amide bonds. The lowest BCUT2D eigenvalue weighted by Crippen LogP contribution is -2.45. The molecule has 0 aliphatic rings. The van der Waals surface area contributed by atoms with Crippen LogP contribution in [0.5, 0.6) is 5.75 Å². The second-order valence-corrected chi connectivity index (χ2v) is 6.02. The number of aliphatic carboxylic acids is 1. The van der Waals surface area contributed by atoms with E-state index in [0.717, 1.165) is 10.6 Å². The molecule has 1 rings (SSSR count).